The van der Waals surface area contributed by atoms with E-state index in [2.05, 4.69) is 30.9 Å². The van der Waals surface area contributed by atoms with Gasteiger partial charge in [-0.05, 0) is 36.6 Å². The first-order valence-electron chi connectivity index (χ1n) is 10.1. The minimum Gasteiger partial charge on any atom is -0.379 e. The number of carbonyl (C=O) groups excluding carboxylic acids is 1. The first-order chi connectivity index (χ1) is 15.6. The minimum atomic E-state index is -0.302. The van der Waals surface area contributed by atoms with E-state index in [-0.39, 0.29) is 17.2 Å². The molecule has 2 aliphatic rings. The van der Waals surface area contributed by atoms with Crippen LogP contribution in [0.15, 0.2) is 62.0 Å². The first-order valence-corrected chi connectivity index (χ1v) is 12.2. The van der Waals surface area contributed by atoms with Gasteiger partial charge in [0.15, 0.2) is 10.9 Å². The molecule has 1 aromatic heterocycles. The Hall–Kier alpha value is -2.53. The van der Waals surface area contributed by atoms with E-state index in [1.165, 1.54) is 16.4 Å². The molecule has 32 heavy (non-hydrogen) atoms. The predicted molar refractivity (Wildman–Crippen MR) is 129 cm³/mol. The van der Waals surface area contributed by atoms with Gasteiger partial charge in [-0.25, -0.2) is 4.98 Å². The van der Waals surface area contributed by atoms with Crippen LogP contribution in [0, 0.1) is 0 Å². The van der Waals surface area contributed by atoms with Crippen molar-refractivity contribution in [3.05, 3.63) is 62.9 Å². The fourth-order valence-corrected chi connectivity index (χ4v) is 4.74. The van der Waals surface area contributed by atoms with Crippen molar-refractivity contribution < 1.29 is 9.53 Å². The molecule has 2 aromatic carbocycles. The van der Waals surface area contributed by atoms with Gasteiger partial charge in [0.25, 0.3) is 11.5 Å². The molecule has 2 aliphatic heterocycles. The average molecular weight is 514 g/mol. The number of para-hydroxylation sites is 1. The zero-order valence-corrected chi connectivity index (χ0v) is 19.7. The third-order valence-electron chi connectivity index (χ3n) is 5.50. The summed E-state index contributed by atoms with van der Waals surface area (Å²) in [6.07, 6.45) is 1.83. The van der Waals surface area contributed by atoms with Gasteiger partial charge in [-0.1, -0.05) is 39.8 Å². The zero-order valence-electron chi connectivity index (χ0n) is 17.3. The quantitative estimate of drug-likeness (QED) is 0.394. The molecule has 10 heteroatoms. The Morgan fingerprint density at radius 3 is 2.72 bits per heavy atom. The Morgan fingerprint density at radius 2 is 1.94 bits per heavy atom. The van der Waals surface area contributed by atoms with Crippen molar-refractivity contribution in [1.29, 1.82) is 0 Å². The van der Waals surface area contributed by atoms with Gasteiger partial charge in [-0.2, -0.15) is 9.78 Å². The molecule has 0 bridgehead atoms. The summed E-state index contributed by atoms with van der Waals surface area (Å²) in [5, 5.41) is 5.45. The highest BCUT2D eigenvalue weighted by Gasteiger charge is 2.36. The average Bonchev–Trinajstić information content (AvgIpc) is 3.06. The van der Waals surface area contributed by atoms with E-state index in [1.54, 1.807) is 23.1 Å². The zero-order chi connectivity index (χ0) is 22.2. The highest BCUT2D eigenvalue weighted by molar-refractivity contribution is 9.10. The maximum Gasteiger partial charge on any atom is 0.282 e. The van der Waals surface area contributed by atoms with Crippen molar-refractivity contribution in [2.45, 2.75) is 5.16 Å². The first kappa shape index (κ1) is 21.3. The number of carbonyl (C=O) groups is 1. The lowest BCUT2D eigenvalue weighted by molar-refractivity contribution is -0.112. The summed E-state index contributed by atoms with van der Waals surface area (Å²) in [5.74, 6) is -0.239. The maximum atomic E-state index is 13.5. The maximum absolute atomic E-state index is 13.5. The smallest absolute Gasteiger partial charge is 0.282 e. The van der Waals surface area contributed by atoms with E-state index in [4.69, 9.17) is 4.74 Å². The number of thioether (sulfide) groups is 1. The SMILES string of the molecule is CSc1nc2ccccc2c(=O)n1/N=C1/C(=O)N(CN2CCOCC2)c2ccc(Br)cc21. The van der Waals surface area contributed by atoms with Crippen molar-refractivity contribution >= 4 is 55.9 Å². The molecule has 0 radical (unpaired) electrons. The number of benzene rings is 2. The van der Waals surface area contributed by atoms with Crippen LogP contribution in [-0.4, -0.2) is 65.4 Å². The lowest BCUT2D eigenvalue weighted by Gasteiger charge is -2.30. The van der Waals surface area contributed by atoms with Crippen molar-refractivity contribution in [3.8, 4) is 0 Å². The van der Waals surface area contributed by atoms with Crippen LogP contribution in [0.5, 0.6) is 0 Å². The number of halogens is 1. The second-order valence-corrected chi connectivity index (χ2v) is 9.14. The number of aromatic nitrogens is 2. The summed E-state index contributed by atoms with van der Waals surface area (Å²) in [7, 11) is 0. The Bertz CT molecular complexity index is 1300. The van der Waals surface area contributed by atoms with Gasteiger partial charge in [0.1, 0.15) is 0 Å². The standard InChI is InChI=1S/C22H20BrN5O3S/c1-32-22-24-17-5-3-2-4-15(17)20(29)28(22)25-19-16-12-14(23)6-7-18(16)27(21(19)30)13-26-8-10-31-11-9-26/h2-7,12H,8-11,13H2,1H3/b25-19+. The number of hydrogen-bond donors (Lipinski definition) is 0. The normalized spacial score (nSPS) is 18.0. The number of rotatable bonds is 4. The van der Waals surface area contributed by atoms with E-state index in [1.807, 2.05) is 30.5 Å². The van der Waals surface area contributed by atoms with E-state index >= 15 is 0 Å². The topological polar surface area (TPSA) is 80.0 Å². The molecule has 5 rings (SSSR count). The van der Waals surface area contributed by atoms with E-state index in [9.17, 15) is 9.59 Å². The minimum absolute atomic E-state index is 0.226. The number of fused-ring (bicyclic) bond motifs is 2. The summed E-state index contributed by atoms with van der Waals surface area (Å²) in [6, 6.07) is 12.8. The highest BCUT2D eigenvalue weighted by atomic mass is 79.9. The van der Waals surface area contributed by atoms with Crippen molar-refractivity contribution in [1.82, 2.24) is 14.6 Å². The molecule has 1 fully saturated rings. The number of ether oxygens (including phenoxy) is 1. The molecule has 0 atom stereocenters. The molecule has 164 valence electrons. The molecule has 0 unspecified atom stereocenters. The molecule has 1 saturated heterocycles. The van der Waals surface area contributed by atoms with Gasteiger partial charge >= 0.3 is 0 Å². The molecule has 0 spiro atoms. The van der Waals surface area contributed by atoms with Crippen molar-refractivity contribution in [2.75, 3.05) is 44.1 Å². The summed E-state index contributed by atoms with van der Waals surface area (Å²) >= 11 is 4.81. The Morgan fingerprint density at radius 1 is 1.16 bits per heavy atom. The van der Waals surface area contributed by atoms with E-state index < -0.39 is 0 Å². The van der Waals surface area contributed by atoms with Crippen molar-refractivity contribution in [2.24, 2.45) is 5.10 Å². The molecule has 1 amide bonds. The molecule has 0 aliphatic carbocycles. The van der Waals surface area contributed by atoms with Crippen LogP contribution in [0.3, 0.4) is 0 Å². The molecular formula is C22H20BrN5O3S. The van der Waals surface area contributed by atoms with E-state index in [0.29, 0.717) is 41.5 Å². The van der Waals surface area contributed by atoms with Crippen LogP contribution in [0.4, 0.5) is 5.69 Å². The Kier molecular flexibility index (Phi) is 5.85. The summed E-state index contributed by atoms with van der Waals surface area (Å²) in [6.45, 7) is 3.24. The summed E-state index contributed by atoms with van der Waals surface area (Å²) in [4.78, 5) is 35.2. The Balaban J connectivity index is 1.63. The highest BCUT2D eigenvalue weighted by Crippen LogP contribution is 2.32. The lowest BCUT2D eigenvalue weighted by atomic mass is 10.1. The molecule has 0 N–H and O–H groups in total. The number of amides is 1. The third kappa shape index (κ3) is 3.77. The third-order valence-corrected chi connectivity index (χ3v) is 6.63. The predicted octanol–water partition coefficient (Wildman–Crippen LogP) is 2.77. The second kappa shape index (κ2) is 8.78. The monoisotopic (exact) mass is 513 g/mol. The van der Waals surface area contributed by atoms with Gasteiger partial charge in [-0.3, -0.25) is 19.4 Å². The Labute approximate surface area is 197 Å². The lowest BCUT2D eigenvalue weighted by Crippen LogP contribution is -2.46. The molecule has 3 heterocycles. The molecule has 3 aromatic rings. The van der Waals surface area contributed by atoms with Crippen LogP contribution >= 0.6 is 27.7 Å². The van der Waals surface area contributed by atoms with Crippen LogP contribution in [0.25, 0.3) is 10.9 Å². The van der Waals surface area contributed by atoms with Gasteiger partial charge < -0.3 is 4.74 Å². The number of hydrogen-bond acceptors (Lipinski definition) is 7. The van der Waals surface area contributed by atoms with Crippen LogP contribution in [0.2, 0.25) is 0 Å². The summed E-state index contributed by atoms with van der Waals surface area (Å²) < 4.78 is 7.50. The second-order valence-electron chi connectivity index (χ2n) is 7.45. The van der Waals surface area contributed by atoms with Crippen LogP contribution < -0.4 is 10.5 Å². The summed E-state index contributed by atoms with van der Waals surface area (Å²) in [5.41, 5.74) is 1.99. The van der Waals surface area contributed by atoms with Gasteiger partial charge in [-0.15, -0.1) is 0 Å². The fourth-order valence-electron chi connectivity index (χ4n) is 3.89. The van der Waals surface area contributed by atoms with Gasteiger partial charge in [0, 0.05) is 23.1 Å². The molecule has 0 saturated carbocycles. The number of nitrogens with zero attached hydrogens (tertiary/aromatic N) is 5. The van der Waals surface area contributed by atoms with Crippen LogP contribution in [-0.2, 0) is 9.53 Å². The fraction of sp³-hybridized carbons (Fsp3) is 0.273. The van der Waals surface area contributed by atoms with Gasteiger partial charge in [0.2, 0.25) is 0 Å². The number of morpholine rings is 1. The molecular weight excluding hydrogens is 494 g/mol. The molecule has 8 nitrogen and oxygen atoms in total. The van der Waals surface area contributed by atoms with E-state index in [0.717, 1.165) is 23.2 Å². The number of anilines is 1. The largest absolute Gasteiger partial charge is 0.379 e. The van der Waals surface area contributed by atoms with Gasteiger partial charge in [0.05, 0.1) is 36.5 Å². The van der Waals surface area contributed by atoms with Crippen molar-refractivity contribution in [3.63, 3.8) is 0 Å². The van der Waals surface area contributed by atoms with Crippen LogP contribution in [0.1, 0.15) is 5.56 Å².